The molecule has 0 aromatic heterocycles. The molecule has 1 aliphatic rings. The summed E-state index contributed by atoms with van der Waals surface area (Å²) in [6.45, 7) is 7.68. The summed E-state index contributed by atoms with van der Waals surface area (Å²) in [5, 5.41) is 0.441. The van der Waals surface area contributed by atoms with E-state index >= 15 is 0 Å². The summed E-state index contributed by atoms with van der Waals surface area (Å²) in [6, 6.07) is 3.95. The molecule has 0 spiro atoms. The third kappa shape index (κ3) is 3.71. The molecule has 6 heteroatoms. The zero-order valence-electron chi connectivity index (χ0n) is 12.5. The summed E-state index contributed by atoms with van der Waals surface area (Å²) in [5.41, 5.74) is 0.589. The van der Waals surface area contributed by atoms with Gasteiger partial charge in [0.2, 0.25) is 0 Å². The van der Waals surface area contributed by atoms with Gasteiger partial charge in [0.05, 0.1) is 16.6 Å². The Labute approximate surface area is 139 Å². The summed E-state index contributed by atoms with van der Waals surface area (Å²) >= 11 is 9.54. The van der Waals surface area contributed by atoms with Crippen LogP contribution in [-0.4, -0.2) is 55.0 Å². The van der Waals surface area contributed by atoms with Gasteiger partial charge < -0.3 is 9.64 Å². The molecule has 0 aliphatic carbocycles. The predicted octanol–water partition coefficient (Wildman–Crippen LogP) is 3.28. The van der Waals surface area contributed by atoms with Gasteiger partial charge in [0, 0.05) is 37.8 Å². The largest absolute Gasteiger partial charge is 0.494 e. The van der Waals surface area contributed by atoms with E-state index in [1.807, 2.05) is 4.90 Å². The molecule has 0 radical (unpaired) electrons. The van der Waals surface area contributed by atoms with Gasteiger partial charge >= 0.3 is 0 Å². The van der Waals surface area contributed by atoms with Gasteiger partial charge in [-0.2, -0.15) is 0 Å². The van der Waals surface area contributed by atoms with E-state index in [2.05, 4.69) is 34.7 Å². The molecule has 1 aromatic carbocycles. The highest BCUT2D eigenvalue weighted by molar-refractivity contribution is 9.10. The SMILES string of the molecule is COc1c(Cl)cc(C(=O)N2CCN(C(C)C)CC2)cc1Br. The maximum Gasteiger partial charge on any atom is 0.254 e. The molecule has 21 heavy (non-hydrogen) atoms. The molecule has 1 aliphatic heterocycles. The second kappa shape index (κ2) is 6.99. The second-order valence-corrected chi connectivity index (χ2v) is 6.66. The first-order chi connectivity index (χ1) is 9.93. The van der Waals surface area contributed by atoms with Crippen LogP contribution >= 0.6 is 27.5 Å². The molecule has 0 atom stereocenters. The van der Waals surface area contributed by atoms with Gasteiger partial charge in [0.15, 0.2) is 5.75 Å². The Morgan fingerprint density at radius 2 is 1.90 bits per heavy atom. The monoisotopic (exact) mass is 374 g/mol. The molecule has 116 valence electrons. The number of ether oxygens (including phenoxy) is 1. The lowest BCUT2D eigenvalue weighted by atomic mass is 10.1. The normalized spacial score (nSPS) is 16.4. The number of halogens is 2. The van der Waals surface area contributed by atoms with Gasteiger partial charge in [-0.05, 0) is 41.9 Å². The first-order valence-corrected chi connectivity index (χ1v) is 8.17. The maximum atomic E-state index is 12.6. The Balaban J connectivity index is 2.11. The smallest absolute Gasteiger partial charge is 0.254 e. The van der Waals surface area contributed by atoms with E-state index in [-0.39, 0.29) is 5.91 Å². The van der Waals surface area contributed by atoms with Crippen molar-refractivity contribution in [3.05, 3.63) is 27.2 Å². The molecule has 1 fully saturated rings. The number of carbonyl (C=O) groups excluding carboxylic acids is 1. The number of amides is 1. The van der Waals surface area contributed by atoms with Crippen molar-refractivity contribution >= 4 is 33.4 Å². The van der Waals surface area contributed by atoms with Crippen molar-refractivity contribution in [2.45, 2.75) is 19.9 Å². The quantitative estimate of drug-likeness (QED) is 0.813. The summed E-state index contributed by atoms with van der Waals surface area (Å²) < 4.78 is 5.88. The van der Waals surface area contributed by atoms with Crippen LogP contribution in [0.1, 0.15) is 24.2 Å². The van der Waals surface area contributed by atoms with Crippen molar-refractivity contribution in [2.24, 2.45) is 0 Å². The van der Waals surface area contributed by atoms with Crippen LogP contribution in [-0.2, 0) is 0 Å². The minimum atomic E-state index is 0.0173. The zero-order valence-corrected chi connectivity index (χ0v) is 14.9. The van der Waals surface area contributed by atoms with Crippen molar-refractivity contribution in [3.8, 4) is 5.75 Å². The van der Waals surface area contributed by atoms with Crippen molar-refractivity contribution in [1.82, 2.24) is 9.80 Å². The van der Waals surface area contributed by atoms with Crippen LogP contribution in [0.3, 0.4) is 0 Å². The zero-order chi connectivity index (χ0) is 15.6. The van der Waals surface area contributed by atoms with E-state index in [4.69, 9.17) is 16.3 Å². The van der Waals surface area contributed by atoms with Crippen LogP contribution < -0.4 is 4.74 Å². The molecule has 4 nitrogen and oxygen atoms in total. The van der Waals surface area contributed by atoms with Crippen LogP contribution in [0.5, 0.6) is 5.75 Å². The van der Waals surface area contributed by atoms with E-state index in [1.165, 1.54) is 0 Å². The number of piperazine rings is 1. The molecular formula is C15H20BrClN2O2. The fraction of sp³-hybridized carbons (Fsp3) is 0.533. The van der Waals surface area contributed by atoms with E-state index in [1.54, 1.807) is 19.2 Å². The van der Waals surface area contributed by atoms with Crippen molar-refractivity contribution in [3.63, 3.8) is 0 Å². The third-order valence-electron chi connectivity index (χ3n) is 3.78. The first kappa shape index (κ1) is 16.6. The highest BCUT2D eigenvalue weighted by Gasteiger charge is 2.24. The van der Waals surface area contributed by atoms with E-state index < -0.39 is 0 Å². The molecule has 1 saturated heterocycles. The lowest BCUT2D eigenvalue weighted by molar-refractivity contribution is 0.0595. The van der Waals surface area contributed by atoms with Crippen LogP contribution in [0.25, 0.3) is 0 Å². The summed E-state index contributed by atoms with van der Waals surface area (Å²) in [7, 11) is 1.55. The van der Waals surface area contributed by atoms with E-state index in [0.717, 1.165) is 26.2 Å². The topological polar surface area (TPSA) is 32.8 Å². The van der Waals surface area contributed by atoms with Crippen molar-refractivity contribution < 1.29 is 9.53 Å². The minimum absolute atomic E-state index is 0.0173. The second-order valence-electron chi connectivity index (χ2n) is 5.40. The number of benzene rings is 1. The lowest BCUT2D eigenvalue weighted by Gasteiger charge is -2.37. The minimum Gasteiger partial charge on any atom is -0.494 e. The third-order valence-corrected chi connectivity index (χ3v) is 4.65. The molecular weight excluding hydrogens is 356 g/mol. The van der Waals surface area contributed by atoms with E-state index in [0.29, 0.717) is 26.9 Å². The lowest BCUT2D eigenvalue weighted by Crippen LogP contribution is -2.50. The van der Waals surface area contributed by atoms with Crippen LogP contribution in [0.4, 0.5) is 0 Å². The number of hydrogen-bond donors (Lipinski definition) is 0. The summed E-state index contributed by atoms with van der Waals surface area (Å²) in [6.07, 6.45) is 0. The maximum absolute atomic E-state index is 12.6. The van der Waals surface area contributed by atoms with Gasteiger partial charge in [-0.3, -0.25) is 9.69 Å². The Kier molecular flexibility index (Phi) is 5.52. The fourth-order valence-electron chi connectivity index (χ4n) is 2.50. The number of rotatable bonds is 3. The molecule has 0 unspecified atom stereocenters. The standard InChI is InChI=1S/C15H20BrClN2O2/c1-10(2)18-4-6-19(7-5-18)15(20)11-8-12(16)14(21-3)13(17)9-11/h8-10H,4-7H2,1-3H3. The van der Waals surface area contributed by atoms with Crippen LogP contribution in [0, 0.1) is 0 Å². The Morgan fingerprint density at radius 3 is 2.38 bits per heavy atom. The molecule has 2 rings (SSSR count). The van der Waals surface area contributed by atoms with Gasteiger partial charge in [-0.15, -0.1) is 0 Å². The van der Waals surface area contributed by atoms with Crippen LogP contribution in [0.15, 0.2) is 16.6 Å². The van der Waals surface area contributed by atoms with Gasteiger partial charge in [-0.1, -0.05) is 11.6 Å². The number of nitrogens with zero attached hydrogens (tertiary/aromatic N) is 2. The Bertz CT molecular complexity index is 505. The highest BCUT2D eigenvalue weighted by atomic mass is 79.9. The number of methoxy groups -OCH3 is 1. The fourth-order valence-corrected chi connectivity index (χ4v) is 3.54. The average Bonchev–Trinajstić information content (AvgIpc) is 2.46. The Hall–Kier alpha value is -0.780. The highest BCUT2D eigenvalue weighted by Crippen LogP contribution is 2.34. The molecule has 0 saturated carbocycles. The molecule has 1 heterocycles. The van der Waals surface area contributed by atoms with Gasteiger partial charge in [0.1, 0.15) is 0 Å². The van der Waals surface area contributed by atoms with Gasteiger partial charge in [0.25, 0.3) is 5.91 Å². The van der Waals surface area contributed by atoms with Crippen LogP contribution in [0.2, 0.25) is 5.02 Å². The van der Waals surface area contributed by atoms with Crippen molar-refractivity contribution in [1.29, 1.82) is 0 Å². The number of carbonyl (C=O) groups is 1. The molecule has 1 aromatic rings. The summed E-state index contributed by atoms with van der Waals surface area (Å²) in [5.74, 6) is 0.571. The van der Waals surface area contributed by atoms with Crippen molar-refractivity contribution in [2.75, 3.05) is 33.3 Å². The number of hydrogen-bond acceptors (Lipinski definition) is 3. The average molecular weight is 376 g/mol. The molecule has 0 N–H and O–H groups in total. The molecule has 1 amide bonds. The first-order valence-electron chi connectivity index (χ1n) is 7.00. The molecule has 0 bridgehead atoms. The van der Waals surface area contributed by atoms with Gasteiger partial charge in [-0.25, -0.2) is 0 Å². The Morgan fingerprint density at radius 1 is 1.29 bits per heavy atom. The predicted molar refractivity (Wildman–Crippen MR) is 88.3 cm³/mol. The summed E-state index contributed by atoms with van der Waals surface area (Å²) in [4.78, 5) is 16.8. The van der Waals surface area contributed by atoms with E-state index in [9.17, 15) is 4.79 Å².